The van der Waals surface area contributed by atoms with Crippen LogP contribution in [0.3, 0.4) is 0 Å². The monoisotopic (exact) mass is 1190 g/mol. The molecular formula is C62H58F4N6O10S2. The summed E-state index contributed by atoms with van der Waals surface area (Å²) in [5, 5.41) is 1.12. The van der Waals surface area contributed by atoms with Crippen LogP contribution in [-0.2, 0) is 20.0 Å². The molecule has 2 fully saturated rings. The molecule has 4 aromatic heterocycles. The van der Waals surface area contributed by atoms with Gasteiger partial charge in [-0.15, -0.1) is 0 Å². The Morgan fingerprint density at radius 3 is 1.27 bits per heavy atom. The number of furan rings is 2. The summed E-state index contributed by atoms with van der Waals surface area (Å²) in [6.45, 7) is 5.64. The second kappa shape index (κ2) is 22.6. The number of ketones is 2. The normalized spacial score (nSPS) is 15.9. The number of carbonyl (C=O) groups is 2. The third-order valence-corrected chi connectivity index (χ3v) is 18.1. The Labute approximate surface area is 481 Å². The highest BCUT2D eigenvalue weighted by atomic mass is 32.2. The molecule has 2 atom stereocenters. The number of nitrogens with zero attached hydrogens (tertiary/aromatic N) is 6. The highest BCUT2D eigenvalue weighted by molar-refractivity contribution is 7.92. The summed E-state index contributed by atoms with van der Waals surface area (Å²) in [7, 11) is -4.36. The molecule has 22 heteroatoms. The van der Waals surface area contributed by atoms with E-state index in [-0.39, 0.29) is 47.3 Å². The molecular weight excluding hydrogens is 1130 g/mol. The van der Waals surface area contributed by atoms with Crippen molar-refractivity contribution in [2.75, 3.05) is 71.2 Å². The van der Waals surface area contributed by atoms with Gasteiger partial charge in [0.1, 0.15) is 45.4 Å². The Balaban J connectivity index is 0.000000175. The quantitative estimate of drug-likeness (QED) is 0.0737. The summed E-state index contributed by atoms with van der Waals surface area (Å²) in [6.07, 6.45) is 5.65. The van der Waals surface area contributed by atoms with Crippen LogP contribution in [0.15, 0.2) is 127 Å². The molecule has 0 bridgehead atoms. The SMILES string of the molecule is CCC(=O)c1c(-c2ccc(F)cc2)oc2cc(N(C)S(C)(=O)=O)c([C@@H]3CCCN(c4nc5c(F)cccc5o4)C3)cc12.CCC(=O)c1c(-c2ccc(F)cc2)oc2cc(N(C)S(C)(=O)=O)c([C@H]3CCCN(c4nc5c(F)cccc5o4)C3)cc12. The van der Waals surface area contributed by atoms with E-state index in [1.54, 1.807) is 74.5 Å². The highest BCUT2D eigenvalue weighted by Crippen LogP contribution is 2.45. The van der Waals surface area contributed by atoms with Crippen LogP contribution < -0.4 is 18.4 Å². The molecule has 84 heavy (non-hydrogen) atoms. The van der Waals surface area contributed by atoms with Crippen molar-refractivity contribution < 1.29 is 61.7 Å². The topological polar surface area (TPSA) is 194 Å². The van der Waals surface area contributed by atoms with Gasteiger partial charge in [-0.2, -0.15) is 9.97 Å². The zero-order valence-electron chi connectivity index (χ0n) is 46.7. The molecule has 6 aromatic carbocycles. The summed E-state index contributed by atoms with van der Waals surface area (Å²) in [6, 6.07) is 28.1. The van der Waals surface area contributed by atoms with E-state index < -0.39 is 43.3 Å². The molecule has 2 aliphatic rings. The molecule has 0 saturated carbocycles. The van der Waals surface area contributed by atoms with E-state index in [1.807, 2.05) is 21.9 Å². The number of rotatable bonds is 14. The maximum absolute atomic E-state index is 14.3. The average molecular weight is 1190 g/mol. The second-order valence-corrected chi connectivity index (χ2v) is 25.2. The summed E-state index contributed by atoms with van der Waals surface area (Å²) in [5.41, 5.74) is 5.82. The van der Waals surface area contributed by atoms with E-state index in [0.29, 0.717) is 116 Å². The number of anilines is 4. The minimum Gasteiger partial charge on any atom is -0.455 e. The van der Waals surface area contributed by atoms with Gasteiger partial charge in [0.25, 0.3) is 12.0 Å². The fourth-order valence-electron chi connectivity index (χ4n) is 11.3. The van der Waals surface area contributed by atoms with Crippen molar-refractivity contribution in [1.82, 2.24) is 9.97 Å². The van der Waals surface area contributed by atoms with Crippen LogP contribution in [0.2, 0.25) is 0 Å². The maximum Gasteiger partial charge on any atom is 0.298 e. The molecule has 2 aliphatic heterocycles. The number of oxazole rings is 2. The largest absolute Gasteiger partial charge is 0.455 e. The maximum atomic E-state index is 14.3. The molecule has 0 aliphatic carbocycles. The zero-order valence-corrected chi connectivity index (χ0v) is 48.3. The van der Waals surface area contributed by atoms with Gasteiger partial charge in [0.15, 0.2) is 34.4 Å². The number of aromatic nitrogens is 2. The van der Waals surface area contributed by atoms with E-state index >= 15 is 0 Å². The Hall–Kier alpha value is -8.50. The number of Topliss-reactive ketones (excluding diaryl/α,β-unsaturated/α-hetero) is 2. The molecule has 0 spiro atoms. The van der Waals surface area contributed by atoms with Crippen LogP contribution in [0, 0.1) is 23.3 Å². The fourth-order valence-corrected chi connectivity index (χ4v) is 12.3. The standard InChI is InChI=1S/2C31H29F2N3O5S/c2*1-4-25(37)28-22-15-21(19-7-6-14-36(17-19)31-34-29-23(33)8-5-9-26(29)41-31)24(35(2)42(3,38)39)16-27(22)40-30(28)18-10-12-20(32)13-11-18/h2*5,8-13,15-16,19H,4,6-7,14,17H2,1-3H3/t2*19-/m10/s1. The van der Waals surface area contributed by atoms with Gasteiger partial charge in [0.05, 0.1) is 35.0 Å². The van der Waals surface area contributed by atoms with Crippen LogP contribution in [0.25, 0.3) is 66.8 Å². The molecule has 0 amide bonds. The third-order valence-electron chi connectivity index (χ3n) is 15.7. The van der Waals surface area contributed by atoms with Gasteiger partial charge < -0.3 is 27.5 Å². The molecule has 0 radical (unpaired) electrons. The lowest BCUT2D eigenvalue weighted by molar-refractivity contribution is 0.0981. The molecule has 0 N–H and O–H groups in total. The number of benzene rings is 6. The predicted molar refractivity (Wildman–Crippen MR) is 315 cm³/mol. The van der Waals surface area contributed by atoms with Gasteiger partial charge in [-0.3, -0.25) is 18.2 Å². The third kappa shape index (κ3) is 11.0. The smallest absolute Gasteiger partial charge is 0.298 e. The van der Waals surface area contributed by atoms with Crippen LogP contribution in [-0.4, -0.2) is 91.2 Å². The van der Waals surface area contributed by atoms with Crippen LogP contribution >= 0.6 is 0 Å². The first-order valence-corrected chi connectivity index (χ1v) is 31.1. The first kappa shape index (κ1) is 57.3. The van der Waals surface area contributed by atoms with Gasteiger partial charge in [0.2, 0.25) is 20.0 Å². The average Bonchev–Trinajstić information content (AvgIpc) is 3.45. The number of piperidine rings is 2. The van der Waals surface area contributed by atoms with E-state index in [9.17, 15) is 44.0 Å². The van der Waals surface area contributed by atoms with Crippen molar-refractivity contribution >= 4 is 99.2 Å². The van der Waals surface area contributed by atoms with Gasteiger partial charge >= 0.3 is 0 Å². The molecule has 0 unspecified atom stereocenters. The van der Waals surface area contributed by atoms with Crippen molar-refractivity contribution in [1.29, 1.82) is 0 Å². The number of para-hydroxylation sites is 2. The van der Waals surface area contributed by atoms with E-state index in [0.717, 1.165) is 49.3 Å². The minimum absolute atomic E-state index is 0.151. The second-order valence-electron chi connectivity index (χ2n) is 21.2. The van der Waals surface area contributed by atoms with Crippen molar-refractivity contribution in [3.63, 3.8) is 0 Å². The van der Waals surface area contributed by atoms with E-state index in [4.69, 9.17) is 17.7 Å². The number of hydrogen-bond donors (Lipinski definition) is 0. The number of fused-ring (bicyclic) bond motifs is 4. The molecule has 12 rings (SSSR count). The summed E-state index contributed by atoms with van der Waals surface area (Å²) >= 11 is 0. The Morgan fingerprint density at radius 2 is 0.929 bits per heavy atom. The number of carbonyl (C=O) groups excluding carboxylic acids is 2. The zero-order chi connectivity index (χ0) is 59.5. The molecule has 6 heterocycles. The summed E-state index contributed by atoms with van der Waals surface area (Å²) < 4.78 is 134. The molecule has 10 aromatic rings. The number of sulfonamides is 2. The summed E-state index contributed by atoms with van der Waals surface area (Å²) in [5.74, 6) is -1.80. The minimum atomic E-state index is -3.66. The van der Waals surface area contributed by atoms with E-state index in [1.165, 1.54) is 59.1 Å². The van der Waals surface area contributed by atoms with Crippen molar-refractivity contribution in [2.24, 2.45) is 0 Å². The Kier molecular flexibility index (Phi) is 15.4. The van der Waals surface area contributed by atoms with Gasteiger partial charge in [-0.05, 0) is 122 Å². The van der Waals surface area contributed by atoms with Crippen molar-refractivity contribution in [3.8, 4) is 22.6 Å². The van der Waals surface area contributed by atoms with Crippen LogP contribution in [0.5, 0.6) is 0 Å². The Bertz CT molecular complexity index is 4150. The lowest BCUT2D eigenvalue weighted by atomic mass is 9.88. The van der Waals surface area contributed by atoms with Crippen LogP contribution in [0.1, 0.15) is 96.1 Å². The molecule has 16 nitrogen and oxygen atoms in total. The van der Waals surface area contributed by atoms with E-state index in [2.05, 4.69) is 9.97 Å². The summed E-state index contributed by atoms with van der Waals surface area (Å²) in [4.78, 5) is 39.2. The predicted octanol–water partition coefficient (Wildman–Crippen LogP) is 13.8. The van der Waals surface area contributed by atoms with Gasteiger partial charge in [0, 0.05) is 99.0 Å². The first-order chi connectivity index (χ1) is 40.1. The first-order valence-electron chi connectivity index (χ1n) is 27.4. The lowest BCUT2D eigenvalue weighted by Crippen LogP contribution is -2.35. The molecule has 436 valence electrons. The molecule has 2 saturated heterocycles. The fraction of sp³-hybridized carbons (Fsp3) is 0.290. The van der Waals surface area contributed by atoms with Gasteiger partial charge in [-0.25, -0.2) is 34.4 Å². The van der Waals surface area contributed by atoms with Crippen LogP contribution in [0.4, 0.5) is 41.0 Å². The number of hydrogen-bond acceptors (Lipinski definition) is 14. The Morgan fingerprint density at radius 1 is 0.548 bits per heavy atom. The van der Waals surface area contributed by atoms with Crippen molar-refractivity contribution in [3.05, 3.63) is 155 Å². The lowest BCUT2D eigenvalue weighted by Gasteiger charge is -2.34. The highest BCUT2D eigenvalue weighted by Gasteiger charge is 2.34. The number of halogens is 4. The van der Waals surface area contributed by atoms with Crippen molar-refractivity contribution in [2.45, 2.75) is 64.2 Å². The van der Waals surface area contributed by atoms with Gasteiger partial charge in [-0.1, -0.05) is 26.0 Å².